The third-order valence-corrected chi connectivity index (χ3v) is 3.92. The highest BCUT2D eigenvalue weighted by Crippen LogP contribution is 2.38. The molecule has 0 unspecified atom stereocenters. The van der Waals surface area contributed by atoms with Crippen LogP contribution < -0.4 is 10.1 Å². The summed E-state index contributed by atoms with van der Waals surface area (Å²) in [6.07, 6.45) is -3.39. The molecule has 0 aliphatic carbocycles. The number of rotatable bonds is 4. The molecule has 2 heterocycles. The molecule has 0 bridgehead atoms. The number of urea groups is 1. The first kappa shape index (κ1) is 19.8. The first-order valence-corrected chi connectivity index (χ1v) is 7.97. The molecule has 1 aliphatic heterocycles. The summed E-state index contributed by atoms with van der Waals surface area (Å²) in [7, 11) is 0. The third kappa shape index (κ3) is 4.55. The van der Waals surface area contributed by atoms with Gasteiger partial charge in [0, 0.05) is 19.3 Å². The zero-order valence-corrected chi connectivity index (χ0v) is 14.5. The Kier molecular flexibility index (Phi) is 5.62. The van der Waals surface area contributed by atoms with Crippen LogP contribution in [0.1, 0.15) is 19.4 Å². The zero-order valence-electron chi connectivity index (χ0n) is 14.5. The van der Waals surface area contributed by atoms with Crippen molar-refractivity contribution in [3.05, 3.63) is 17.8 Å². The molecule has 1 aromatic heterocycles. The molecule has 10 heteroatoms. The molecule has 1 fully saturated rings. The van der Waals surface area contributed by atoms with E-state index in [2.05, 4.69) is 10.3 Å². The number of likely N-dealkylation sites (tertiary alicyclic amines) is 1. The maximum absolute atomic E-state index is 13.0. The molecular weight excluding hydrogens is 355 g/mol. The van der Waals surface area contributed by atoms with Crippen molar-refractivity contribution in [3.63, 3.8) is 0 Å². The molecule has 0 aromatic carbocycles. The number of amides is 2. The fourth-order valence-electron chi connectivity index (χ4n) is 2.71. The van der Waals surface area contributed by atoms with E-state index in [0.29, 0.717) is 0 Å². The molecule has 2 atom stereocenters. The van der Waals surface area contributed by atoms with Gasteiger partial charge in [0.25, 0.3) is 0 Å². The summed E-state index contributed by atoms with van der Waals surface area (Å²) in [5, 5.41) is 11.5. The van der Waals surface area contributed by atoms with Gasteiger partial charge in [-0.1, -0.05) is 0 Å². The van der Waals surface area contributed by atoms with E-state index in [4.69, 9.17) is 9.84 Å². The smallest absolute Gasteiger partial charge is 0.394 e. The summed E-state index contributed by atoms with van der Waals surface area (Å²) < 4.78 is 44.6. The highest BCUT2D eigenvalue weighted by molar-refractivity contribution is 5.91. The second kappa shape index (κ2) is 7.38. The fourth-order valence-corrected chi connectivity index (χ4v) is 2.71. The largest absolute Gasteiger partial charge is 0.481 e. The first-order chi connectivity index (χ1) is 12.0. The molecule has 0 spiro atoms. The van der Waals surface area contributed by atoms with Crippen LogP contribution in [0.5, 0.6) is 5.88 Å². The van der Waals surface area contributed by atoms with Crippen LogP contribution in [0.3, 0.4) is 0 Å². The van der Waals surface area contributed by atoms with E-state index in [1.165, 1.54) is 6.20 Å². The third-order valence-electron chi connectivity index (χ3n) is 3.92. The minimum Gasteiger partial charge on any atom is -0.481 e. The maximum Gasteiger partial charge on any atom is 0.394 e. The molecule has 1 aromatic rings. The predicted octanol–water partition coefficient (Wildman–Crippen LogP) is 2.90. The van der Waals surface area contributed by atoms with E-state index in [-0.39, 0.29) is 17.7 Å². The highest BCUT2D eigenvalue weighted by Gasteiger charge is 2.53. The molecular formula is C16H20F3N3O4. The van der Waals surface area contributed by atoms with Gasteiger partial charge in [0.2, 0.25) is 5.88 Å². The number of aromatic nitrogens is 1. The molecule has 0 radical (unpaired) electrons. The second-order valence-electron chi connectivity index (χ2n) is 6.46. The lowest BCUT2D eigenvalue weighted by Gasteiger charge is -2.20. The highest BCUT2D eigenvalue weighted by atomic mass is 19.4. The van der Waals surface area contributed by atoms with Crippen molar-refractivity contribution in [1.29, 1.82) is 0 Å². The molecule has 144 valence electrons. The van der Waals surface area contributed by atoms with E-state index in [9.17, 15) is 22.8 Å². The van der Waals surface area contributed by atoms with Crippen LogP contribution in [0.4, 0.5) is 23.7 Å². The molecule has 2 N–H and O–H groups in total. The number of carboxylic acids is 1. The van der Waals surface area contributed by atoms with Crippen LogP contribution in [-0.2, 0) is 4.79 Å². The summed E-state index contributed by atoms with van der Waals surface area (Å²) in [6.45, 7) is 4.02. The molecule has 1 aliphatic rings. The Morgan fingerprint density at radius 1 is 1.38 bits per heavy atom. The van der Waals surface area contributed by atoms with Crippen molar-refractivity contribution in [1.82, 2.24) is 9.88 Å². The fraction of sp³-hybridized carbons (Fsp3) is 0.562. The van der Waals surface area contributed by atoms with Gasteiger partial charge in [0.1, 0.15) is 5.69 Å². The SMILES string of the molecule is Cc1cnc(OC(C)C)c(NC(=O)N2C[C@@H](C(F)(F)F)[C@H](C(=O)O)C2)c1. The van der Waals surface area contributed by atoms with E-state index < -0.39 is 43.1 Å². The minimum absolute atomic E-state index is 0.139. The number of carbonyl (C=O) groups is 2. The Labute approximate surface area is 148 Å². The van der Waals surface area contributed by atoms with Crippen molar-refractivity contribution in [2.45, 2.75) is 33.1 Å². The van der Waals surface area contributed by atoms with Gasteiger partial charge in [-0.3, -0.25) is 4.79 Å². The number of hydrogen-bond acceptors (Lipinski definition) is 4. The topological polar surface area (TPSA) is 91.8 Å². The van der Waals surface area contributed by atoms with Crippen LogP contribution in [-0.4, -0.2) is 52.4 Å². The zero-order chi connectivity index (χ0) is 19.6. The van der Waals surface area contributed by atoms with Gasteiger partial charge in [0.15, 0.2) is 0 Å². The van der Waals surface area contributed by atoms with Gasteiger partial charge in [0.05, 0.1) is 17.9 Å². The standard InChI is InChI=1S/C16H20F3N3O4/c1-8(2)26-13-12(4-9(3)5-20-13)21-15(25)22-6-10(14(23)24)11(7-22)16(17,18)19/h4-5,8,10-11H,6-7H2,1-3H3,(H,21,25)(H,23,24)/t10-,11-/m1/s1. The van der Waals surface area contributed by atoms with Crippen LogP contribution >= 0.6 is 0 Å². The molecule has 2 rings (SSSR count). The van der Waals surface area contributed by atoms with Gasteiger partial charge in [-0.15, -0.1) is 0 Å². The number of carboxylic acid groups (broad SMARTS) is 1. The lowest BCUT2D eigenvalue weighted by molar-refractivity contribution is -0.187. The van der Waals surface area contributed by atoms with E-state index >= 15 is 0 Å². The van der Waals surface area contributed by atoms with Gasteiger partial charge < -0.3 is 20.1 Å². The van der Waals surface area contributed by atoms with Crippen molar-refractivity contribution >= 4 is 17.7 Å². The Morgan fingerprint density at radius 2 is 2.04 bits per heavy atom. The Bertz CT molecular complexity index is 694. The number of carbonyl (C=O) groups excluding carboxylic acids is 1. The molecule has 26 heavy (non-hydrogen) atoms. The van der Waals surface area contributed by atoms with Crippen molar-refractivity contribution in [3.8, 4) is 5.88 Å². The number of alkyl halides is 3. The van der Waals surface area contributed by atoms with Crippen molar-refractivity contribution in [2.75, 3.05) is 18.4 Å². The second-order valence-corrected chi connectivity index (χ2v) is 6.46. The predicted molar refractivity (Wildman–Crippen MR) is 86.0 cm³/mol. The summed E-state index contributed by atoms with van der Waals surface area (Å²) >= 11 is 0. The summed E-state index contributed by atoms with van der Waals surface area (Å²) in [4.78, 5) is 28.4. The quantitative estimate of drug-likeness (QED) is 0.844. The molecule has 1 saturated heterocycles. The number of aryl methyl sites for hydroxylation is 1. The number of hydrogen-bond donors (Lipinski definition) is 2. The lowest BCUT2D eigenvalue weighted by Crippen LogP contribution is -2.35. The van der Waals surface area contributed by atoms with Crippen molar-refractivity contribution < 1.29 is 32.6 Å². The molecule has 7 nitrogen and oxygen atoms in total. The van der Waals surface area contributed by atoms with Gasteiger partial charge in [-0.25, -0.2) is 9.78 Å². The number of anilines is 1. The van der Waals surface area contributed by atoms with E-state index in [0.717, 1.165) is 10.5 Å². The van der Waals surface area contributed by atoms with Gasteiger partial charge in [-0.2, -0.15) is 13.2 Å². The maximum atomic E-state index is 13.0. The average molecular weight is 375 g/mol. The van der Waals surface area contributed by atoms with Crippen LogP contribution in [0.25, 0.3) is 0 Å². The monoisotopic (exact) mass is 375 g/mol. The Hall–Kier alpha value is -2.52. The van der Waals surface area contributed by atoms with E-state index in [1.807, 2.05) is 0 Å². The number of halogens is 3. The van der Waals surface area contributed by atoms with Crippen LogP contribution in [0.15, 0.2) is 12.3 Å². The van der Waals surface area contributed by atoms with Crippen LogP contribution in [0, 0.1) is 18.8 Å². The average Bonchev–Trinajstić information content (AvgIpc) is 2.95. The first-order valence-electron chi connectivity index (χ1n) is 7.97. The van der Waals surface area contributed by atoms with E-state index in [1.54, 1.807) is 26.8 Å². The number of nitrogens with zero attached hydrogens (tertiary/aromatic N) is 2. The van der Waals surface area contributed by atoms with Crippen LogP contribution in [0.2, 0.25) is 0 Å². The number of nitrogens with one attached hydrogen (secondary N) is 1. The van der Waals surface area contributed by atoms with Crippen molar-refractivity contribution in [2.24, 2.45) is 11.8 Å². The normalized spacial score (nSPS) is 20.3. The van der Waals surface area contributed by atoms with Gasteiger partial charge in [-0.05, 0) is 32.4 Å². The van der Waals surface area contributed by atoms with Gasteiger partial charge >= 0.3 is 18.2 Å². The summed E-state index contributed by atoms with van der Waals surface area (Å²) in [5.74, 6) is -5.24. The summed E-state index contributed by atoms with van der Waals surface area (Å²) in [6, 6.07) is 0.748. The Morgan fingerprint density at radius 3 is 2.54 bits per heavy atom. The Balaban J connectivity index is 2.18. The lowest BCUT2D eigenvalue weighted by atomic mass is 9.96. The minimum atomic E-state index is -4.70. The number of aliphatic carboxylic acids is 1. The molecule has 2 amide bonds. The molecule has 0 saturated carbocycles. The summed E-state index contributed by atoms with van der Waals surface area (Å²) in [5.41, 5.74) is 0.931. The number of pyridine rings is 1. The number of ether oxygens (including phenoxy) is 1.